The maximum Gasteiger partial charge on any atom is 0.270 e. The largest absolute Gasteiger partial charge is 0.380 e. The van der Waals surface area contributed by atoms with Gasteiger partial charge in [-0.15, -0.1) is 0 Å². The van der Waals surface area contributed by atoms with E-state index in [2.05, 4.69) is 29.7 Å². The third-order valence-corrected chi connectivity index (χ3v) is 4.21. The Kier molecular flexibility index (Phi) is 6.55. The van der Waals surface area contributed by atoms with Crippen LogP contribution in [-0.2, 0) is 4.79 Å². The molecule has 0 fully saturated rings. The zero-order chi connectivity index (χ0) is 17.4. The van der Waals surface area contributed by atoms with E-state index in [0.29, 0.717) is 18.7 Å². The number of rotatable bonds is 9. The van der Waals surface area contributed by atoms with Crippen LogP contribution >= 0.6 is 0 Å². The van der Waals surface area contributed by atoms with Gasteiger partial charge in [-0.3, -0.25) is 15.6 Å². The molecule has 0 spiro atoms. The van der Waals surface area contributed by atoms with Crippen molar-refractivity contribution in [2.24, 2.45) is 0 Å². The number of aliphatic hydroxyl groups is 1. The third kappa shape index (κ3) is 4.68. The van der Waals surface area contributed by atoms with E-state index in [1.54, 1.807) is 6.07 Å². The Labute approximate surface area is 143 Å². The number of para-hydroxylation sites is 1. The SMILES string of the molecule is CCCCC(O)(CCCC)C(=O)NNc1ccc2ccccc2n1. The molecule has 0 atom stereocenters. The summed E-state index contributed by atoms with van der Waals surface area (Å²) in [6.45, 7) is 4.10. The number of hydrogen-bond acceptors (Lipinski definition) is 4. The molecule has 0 aliphatic carbocycles. The molecule has 24 heavy (non-hydrogen) atoms. The van der Waals surface area contributed by atoms with Gasteiger partial charge in [-0.25, -0.2) is 4.98 Å². The number of fused-ring (bicyclic) bond motifs is 1. The summed E-state index contributed by atoms with van der Waals surface area (Å²) in [5, 5.41) is 11.8. The minimum Gasteiger partial charge on any atom is -0.380 e. The molecule has 2 aromatic rings. The Balaban J connectivity index is 2.02. The lowest BCUT2D eigenvalue weighted by Gasteiger charge is -2.27. The maximum absolute atomic E-state index is 12.5. The number of carbonyl (C=O) groups excluding carboxylic acids is 1. The van der Waals surface area contributed by atoms with Gasteiger partial charge >= 0.3 is 0 Å². The highest BCUT2D eigenvalue weighted by Crippen LogP contribution is 2.22. The number of amides is 1. The van der Waals surface area contributed by atoms with Crippen molar-refractivity contribution in [2.45, 2.75) is 58.0 Å². The van der Waals surface area contributed by atoms with Crippen molar-refractivity contribution < 1.29 is 9.90 Å². The van der Waals surface area contributed by atoms with Crippen LogP contribution in [0.25, 0.3) is 10.9 Å². The standard InChI is InChI=1S/C19H27N3O2/c1-3-5-13-19(24,14-6-4-2)18(23)22-21-17-12-11-15-9-7-8-10-16(15)20-17/h7-12,24H,3-6,13-14H2,1-2H3,(H,20,21)(H,22,23). The van der Waals surface area contributed by atoms with Gasteiger partial charge < -0.3 is 5.11 Å². The first-order valence-corrected chi connectivity index (χ1v) is 8.73. The summed E-state index contributed by atoms with van der Waals surface area (Å²) in [4.78, 5) is 16.9. The minimum atomic E-state index is -1.32. The summed E-state index contributed by atoms with van der Waals surface area (Å²) in [5.74, 6) is 0.162. The van der Waals surface area contributed by atoms with Crippen LogP contribution in [0.5, 0.6) is 0 Å². The molecule has 1 amide bonds. The number of hydrogen-bond donors (Lipinski definition) is 3. The topological polar surface area (TPSA) is 74.2 Å². The Morgan fingerprint density at radius 3 is 2.42 bits per heavy atom. The zero-order valence-corrected chi connectivity index (χ0v) is 14.5. The molecule has 5 heteroatoms. The number of nitrogens with zero attached hydrogens (tertiary/aromatic N) is 1. The highest BCUT2D eigenvalue weighted by molar-refractivity contribution is 5.86. The predicted molar refractivity (Wildman–Crippen MR) is 97.5 cm³/mol. The number of unbranched alkanes of at least 4 members (excludes halogenated alkanes) is 2. The fourth-order valence-corrected chi connectivity index (χ4v) is 2.66. The van der Waals surface area contributed by atoms with E-state index in [1.807, 2.05) is 30.3 Å². The van der Waals surface area contributed by atoms with Gasteiger partial charge in [-0.2, -0.15) is 0 Å². The van der Waals surface area contributed by atoms with Crippen molar-refractivity contribution in [3.8, 4) is 0 Å². The van der Waals surface area contributed by atoms with Crippen LogP contribution in [0.3, 0.4) is 0 Å². The van der Waals surface area contributed by atoms with Crippen molar-refractivity contribution in [3.05, 3.63) is 36.4 Å². The van der Waals surface area contributed by atoms with Crippen LogP contribution in [0.4, 0.5) is 5.82 Å². The number of carbonyl (C=O) groups is 1. The highest BCUT2D eigenvalue weighted by Gasteiger charge is 2.34. The fraction of sp³-hybridized carbons (Fsp3) is 0.474. The van der Waals surface area contributed by atoms with Gasteiger partial charge in [-0.1, -0.05) is 57.7 Å². The number of nitrogens with one attached hydrogen (secondary N) is 2. The van der Waals surface area contributed by atoms with E-state index < -0.39 is 5.60 Å². The zero-order valence-electron chi connectivity index (χ0n) is 14.5. The molecule has 130 valence electrons. The van der Waals surface area contributed by atoms with Crippen LogP contribution in [0.15, 0.2) is 36.4 Å². The molecule has 1 aromatic carbocycles. The molecule has 0 saturated heterocycles. The molecule has 0 aliphatic rings. The summed E-state index contributed by atoms with van der Waals surface area (Å²) in [6.07, 6.45) is 4.48. The van der Waals surface area contributed by atoms with E-state index in [0.717, 1.165) is 36.6 Å². The Bertz CT molecular complexity index is 664. The first-order valence-electron chi connectivity index (χ1n) is 8.73. The van der Waals surface area contributed by atoms with Gasteiger partial charge in [0, 0.05) is 5.39 Å². The average Bonchev–Trinajstić information content (AvgIpc) is 2.62. The summed E-state index contributed by atoms with van der Waals surface area (Å²) >= 11 is 0. The smallest absolute Gasteiger partial charge is 0.270 e. The van der Waals surface area contributed by atoms with Crippen molar-refractivity contribution in [2.75, 3.05) is 5.43 Å². The lowest BCUT2D eigenvalue weighted by molar-refractivity contribution is -0.141. The molecule has 0 aliphatic heterocycles. The van der Waals surface area contributed by atoms with Gasteiger partial charge in [0.2, 0.25) is 0 Å². The average molecular weight is 329 g/mol. The lowest BCUT2D eigenvalue weighted by Crippen LogP contribution is -2.49. The van der Waals surface area contributed by atoms with Crippen LogP contribution in [-0.4, -0.2) is 21.6 Å². The molecule has 0 unspecified atom stereocenters. The van der Waals surface area contributed by atoms with Gasteiger partial charge in [-0.05, 0) is 31.0 Å². The molecule has 5 nitrogen and oxygen atoms in total. The Morgan fingerprint density at radius 1 is 1.08 bits per heavy atom. The summed E-state index contributed by atoms with van der Waals surface area (Å²) < 4.78 is 0. The predicted octanol–water partition coefficient (Wildman–Crippen LogP) is 3.79. The van der Waals surface area contributed by atoms with Crippen molar-refractivity contribution in [1.82, 2.24) is 10.4 Å². The van der Waals surface area contributed by atoms with E-state index in [-0.39, 0.29) is 5.91 Å². The van der Waals surface area contributed by atoms with Gasteiger partial charge in [0.05, 0.1) is 5.52 Å². The van der Waals surface area contributed by atoms with Gasteiger partial charge in [0.1, 0.15) is 11.4 Å². The molecule has 0 bridgehead atoms. The van der Waals surface area contributed by atoms with Crippen LogP contribution in [0.1, 0.15) is 52.4 Å². The summed E-state index contributed by atoms with van der Waals surface area (Å²) in [6, 6.07) is 11.5. The van der Waals surface area contributed by atoms with E-state index in [1.165, 1.54) is 0 Å². The summed E-state index contributed by atoms with van der Waals surface area (Å²) in [7, 11) is 0. The second kappa shape index (κ2) is 8.64. The second-order valence-electron chi connectivity index (χ2n) is 6.21. The molecule has 0 radical (unpaired) electrons. The number of benzene rings is 1. The molecule has 1 aromatic heterocycles. The Morgan fingerprint density at radius 2 is 1.75 bits per heavy atom. The number of aromatic nitrogens is 1. The Hall–Kier alpha value is -2.14. The molecular formula is C19H27N3O2. The number of pyridine rings is 1. The van der Waals surface area contributed by atoms with E-state index in [4.69, 9.17) is 0 Å². The maximum atomic E-state index is 12.5. The van der Waals surface area contributed by atoms with Gasteiger partial charge in [0.25, 0.3) is 5.91 Å². The second-order valence-corrected chi connectivity index (χ2v) is 6.21. The molecule has 1 heterocycles. The fourth-order valence-electron chi connectivity index (χ4n) is 2.66. The molecule has 2 rings (SSSR count). The first-order chi connectivity index (χ1) is 11.6. The molecular weight excluding hydrogens is 302 g/mol. The molecule has 0 saturated carbocycles. The number of anilines is 1. The van der Waals surface area contributed by atoms with E-state index in [9.17, 15) is 9.90 Å². The van der Waals surface area contributed by atoms with Crippen molar-refractivity contribution >= 4 is 22.6 Å². The van der Waals surface area contributed by atoms with E-state index >= 15 is 0 Å². The summed E-state index contributed by atoms with van der Waals surface area (Å²) in [5.41, 5.74) is 4.97. The van der Waals surface area contributed by atoms with Crippen LogP contribution < -0.4 is 10.9 Å². The highest BCUT2D eigenvalue weighted by atomic mass is 16.3. The monoisotopic (exact) mass is 329 g/mol. The van der Waals surface area contributed by atoms with Crippen molar-refractivity contribution in [3.63, 3.8) is 0 Å². The van der Waals surface area contributed by atoms with Crippen molar-refractivity contribution in [1.29, 1.82) is 0 Å². The normalized spacial score (nSPS) is 11.5. The first kappa shape index (κ1) is 18.2. The molecule has 3 N–H and O–H groups in total. The minimum absolute atomic E-state index is 0.389. The van der Waals surface area contributed by atoms with Gasteiger partial charge in [0.15, 0.2) is 0 Å². The third-order valence-electron chi connectivity index (χ3n) is 4.21. The van der Waals surface area contributed by atoms with Crippen LogP contribution in [0, 0.1) is 0 Å². The lowest BCUT2D eigenvalue weighted by atomic mass is 9.90. The quantitative estimate of drug-likeness (QED) is 0.612. The number of hydrazine groups is 1. The van der Waals surface area contributed by atoms with Crippen LogP contribution in [0.2, 0.25) is 0 Å².